The predicted octanol–water partition coefficient (Wildman–Crippen LogP) is 11.5. The molecule has 0 bridgehead atoms. The SMILES string of the molecule is CCN(Cc1ccccc1)c1ccc(N=Nc2ccc(N=Nc3cc(C)c(N=Nc4cccc(S(=O)(=O)O)c4)cc3C)c3cc(S(=O)(=O)O)ccc23)c(C)c1. The first kappa shape index (κ1) is 38.7. The van der Waals surface area contributed by atoms with E-state index < -0.39 is 20.2 Å². The number of fused-ring (bicyclic) bond motifs is 1. The highest BCUT2D eigenvalue weighted by Gasteiger charge is 2.15. The Kier molecular flexibility index (Phi) is 11.4. The van der Waals surface area contributed by atoms with Gasteiger partial charge in [0.05, 0.1) is 43.9 Å². The van der Waals surface area contributed by atoms with Crippen molar-refractivity contribution in [1.82, 2.24) is 0 Å². The van der Waals surface area contributed by atoms with E-state index in [2.05, 4.69) is 60.7 Å². The second-order valence-corrected chi connectivity index (χ2v) is 15.6. The van der Waals surface area contributed by atoms with Crippen LogP contribution in [0.4, 0.5) is 39.8 Å². The van der Waals surface area contributed by atoms with Crippen LogP contribution in [0.15, 0.2) is 156 Å². The summed E-state index contributed by atoms with van der Waals surface area (Å²) >= 11 is 0. The number of benzene rings is 6. The first-order valence-corrected chi connectivity index (χ1v) is 20.0. The van der Waals surface area contributed by atoms with Crippen molar-refractivity contribution < 1.29 is 25.9 Å². The summed E-state index contributed by atoms with van der Waals surface area (Å²) in [4.78, 5) is 1.67. The minimum atomic E-state index is -4.53. The number of aryl methyl sites for hydroxylation is 3. The summed E-state index contributed by atoms with van der Waals surface area (Å²) in [6.45, 7) is 9.29. The van der Waals surface area contributed by atoms with Crippen LogP contribution in [0.3, 0.4) is 0 Å². The molecule has 0 aromatic heterocycles. The Labute approximate surface area is 319 Å². The molecule has 0 heterocycles. The highest BCUT2D eigenvalue weighted by Crippen LogP contribution is 2.38. The van der Waals surface area contributed by atoms with Gasteiger partial charge in [-0.25, -0.2) is 0 Å². The van der Waals surface area contributed by atoms with Gasteiger partial charge in [-0.15, -0.1) is 10.2 Å². The van der Waals surface area contributed by atoms with Crippen molar-refractivity contribution >= 4 is 70.8 Å². The van der Waals surface area contributed by atoms with Crippen molar-refractivity contribution in [3.05, 3.63) is 138 Å². The molecule has 0 unspecified atom stereocenters. The molecule has 0 spiro atoms. The van der Waals surface area contributed by atoms with Gasteiger partial charge in [0.15, 0.2) is 0 Å². The summed E-state index contributed by atoms with van der Waals surface area (Å²) in [6, 6.07) is 32.8. The fourth-order valence-electron chi connectivity index (χ4n) is 5.80. The number of azo groups is 3. The Bertz CT molecular complexity index is 2720. The standard InChI is InChI=1S/C40H37N7O6S2/c1-5-47(25-29-10-7-6-8-11-29)31-14-17-36(26(2)20-31)42-43-37-18-19-38(35-24-33(55(51,52)53)15-16-34(35)37)44-46-40-22-27(3)39(21-28(40)4)45-41-30-12-9-13-32(23-30)54(48,49)50/h6-24H,5,25H2,1-4H3,(H,48,49,50)(H,51,52,53). The minimum absolute atomic E-state index is 0.237. The van der Waals surface area contributed by atoms with E-state index in [9.17, 15) is 25.9 Å². The molecule has 0 fully saturated rings. The van der Waals surface area contributed by atoms with E-state index >= 15 is 0 Å². The maximum atomic E-state index is 12.1. The first-order chi connectivity index (χ1) is 26.2. The molecule has 2 N–H and O–H groups in total. The number of anilines is 1. The molecule has 280 valence electrons. The lowest BCUT2D eigenvalue weighted by Crippen LogP contribution is -2.21. The van der Waals surface area contributed by atoms with Crippen molar-refractivity contribution in [2.24, 2.45) is 30.7 Å². The van der Waals surface area contributed by atoms with Gasteiger partial charge in [-0.05, 0) is 123 Å². The second kappa shape index (κ2) is 16.2. The number of hydrogen-bond acceptors (Lipinski definition) is 11. The van der Waals surface area contributed by atoms with Crippen molar-refractivity contribution in [1.29, 1.82) is 0 Å². The smallest absolute Gasteiger partial charge is 0.294 e. The maximum absolute atomic E-state index is 12.1. The van der Waals surface area contributed by atoms with Gasteiger partial charge in [-0.1, -0.05) is 42.5 Å². The molecule has 0 aliphatic rings. The van der Waals surface area contributed by atoms with Gasteiger partial charge in [-0.2, -0.15) is 37.3 Å². The van der Waals surface area contributed by atoms with Gasteiger partial charge >= 0.3 is 0 Å². The Morgan fingerprint density at radius 1 is 0.509 bits per heavy atom. The normalized spacial score (nSPS) is 12.4. The molecule has 6 aromatic rings. The molecule has 0 aliphatic heterocycles. The lowest BCUT2D eigenvalue weighted by atomic mass is 10.1. The van der Waals surface area contributed by atoms with Crippen LogP contribution in [0, 0.1) is 20.8 Å². The number of hydrogen-bond donors (Lipinski definition) is 2. The molecule has 0 saturated heterocycles. The zero-order chi connectivity index (χ0) is 39.3. The average Bonchev–Trinajstić information content (AvgIpc) is 3.16. The van der Waals surface area contributed by atoms with E-state index in [0.29, 0.717) is 50.3 Å². The van der Waals surface area contributed by atoms with Gasteiger partial charge < -0.3 is 4.90 Å². The van der Waals surface area contributed by atoms with Crippen LogP contribution >= 0.6 is 0 Å². The van der Waals surface area contributed by atoms with E-state index in [4.69, 9.17) is 0 Å². The Hall–Kier alpha value is -6.00. The summed E-state index contributed by atoms with van der Waals surface area (Å²) in [6.07, 6.45) is 0. The van der Waals surface area contributed by atoms with E-state index in [1.54, 1.807) is 50.2 Å². The number of nitrogens with zero attached hydrogens (tertiary/aromatic N) is 7. The third-order valence-corrected chi connectivity index (χ3v) is 10.5. The molecular formula is C40H37N7O6S2. The Morgan fingerprint density at radius 3 is 1.67 bits per heavy atom. The summed E-state index contributed by atoms with van der Waals surface area (Å²) < 4.78 is 66.4. The highest BCUT2D eigenvalue weighted by molar-refractivity contribution is 7.86. The molecule has 0 atom stereocenters. The second-order valence-electron chi connectivity index (χ2n) is 12.8. The largest absolute Gasteiger partial charge is 0.367 e. The van der Waals surface area contributed by atoms with Gasteiger partial charge in [-0.3, -0.25) is 9.11 Å². The Balaban J connectivity index is 1.28. The molecule has 13 nitrogen and oxygen atoms in total. The van der Waals surface area contributed by atoms with Gasteiger partial charge in [0, 0.05) is 29.5 Å². The van der Waals surface area contributed by atoms with Crippen molar-refractivity contribution in [2.45, 2.75) is 44.0 Å². The van der Waals surface area contributed by atoms with Gasteiger partial charge in [0.1, 0.15) is 0 Å². The molecular weight excluding hydrogens is 739 g/mol. The lowest BCUT2D eigenvalue weighted by Gasteiger charge is -2.24. The molecule has 0 amide bonds. The van der Waals surface area contributed by atoms with Crippen molar-refractivity contribution in [2.75, 3.05) is 11.4 Å². The van der Waals surface area contributed by atoms with Crippen LogP contribution in [-0.2, 0) is 26.8 Å². The van der Waals surface area contributed by atoms with Crippen LogP contribution in [0.5, 0.6) is 0 Å². The predicted molar refractivity (Wildman–Crippen MR) is 213 cm³/mol. The third-order valence-electron chi connectivity index (χ3n) is 8.82. The Morgan fingerprint density at radius 2 is 1.05 bits per heavy atom. The number of rotatable bonds is 12. The molecule has 6 aromatic carbocycles. The average molecular weight is 776 g/mol. The molecule has 6 rings (SSSR count). The monoisotopic (exact) mass is 775 g/mol. The molecule has 0 radical (unpaired) electrons. The molecule has 15 heteroatoms. The van der Waals surface area contributed by atoms with Crippen molar-refractivity contribution in [3.63, 3.8) is 0 Å². The minimum Gasteiger partial charge on any atom is -0.367 e. The van der Waals surface area contributed by atoms with E-state index in [-0.39, 0.29) is 15.5 Å². The van der Waals surface area contributed by atoms with Crippen LogP contribution in [0.25, 0.3) is 10.8 Å². The zero-order valence-electron chi connectivity index (χ0n) is 30.4. The summed E-state index contributed by atoms with van der Waals surface area (Å²) in [5, 5.41) is 27.3. The molecule has 0 saturated carbocycles. The molecule has 0 aliphatic carbocycles. The summed E-state index contributed by atoms with van der Waals surface area (Å²) in [5.41, 5.74) is 7.33. The van der Waals surface area contributed by atoms with Crippen LogP contribution in [0.1, 0.15) is 29.2 Å². The zero-order valence-corrected chi connectivity index (χ0v) is 32.0. The lowest BCUT2D eigenvalue weighted by molar-refractivity contribution is 0.481. The quantitative estimate of drug-likeness (QED) is 0.0914. The van der Waals surface area contributed by atoms with E-state index in [0.717, 1.165) is 24.3 Å². The topological polar surface area (TPSA) is 186 Å². The summed E-state index contributed by atoms with van der Waals surface area (Å²) in [5.74, 6) is 0. The highest BCUT2D eigenvalue weighted by atomic mass is 32.2. The maximum Gasteiger partial charge on any atom is 0.294 e. The fraction of sp³-hybridized carbons (Fsp3) is 0.150. The first-order valence-electron chi connectivity index (χ1n) is 17.1. The van der Waals surface area contributed by atoms with Crippen LogP contribution < -0.4 is 4.90 Å². The van der Waals surface area contributed by atoms with Gasteiger partial charge in [0.25, 0.3) is 20.2 Å². The molecule has 55 heavy (non-hydrogen) atoms. The van der Waals surface area contributed by atoms with Crippen molar-refractivity contribution in [3.8, 4) is 0 Å². The summed E-state index contributed by atoms with van der Waals surface area (Å²) in [7, 11) is -8.92. The van der Waals surface area contributed by atoms with E-state index in [1.807, 2.05) is 37.3 Å². The van der Waals surface area contributed by atoms with Crippen LogP contribution in [0.2, 0.25) is 0 Å². The van der Waals surface area contributed by atoms with E-state index in [1.165, 1.54) is 35.9 Å². The van der Waals surface area contributed by atoms with Gasteiger partial charge in [0.2, 0.25) is 0 Å². The fourth-order valence-corrected chi connectivity index (χ4v) is 6.83. The third kappa shape index (κ3) is 9.39. The van der Waals surface area contributed by atoms with Crippen LogP contribution in [-0.4, -0.2) is 32.5 Å².